The molecular weight excluding hydrogens is 196 g/mol. The molecule has 0 heterocycles. The van der Waals surface area contributed by atoms with Gasteiger partial charge in [0.25, 0.3) is 0 Å². The van der Waals surface area contributed by atoms with Crippen LogP contribution < -0.4 is 0 Å². The standard InChI is InChI=1S/C12H17ClO/c1-8(2)11(7-14)10-4-5-12(13)9(3)6-10/h4-6,8,11,14H,7H2,1-3H3. The first-order chi connectivity index (χ1) is 6.56. The van der Waals surface area contributed by atoms with Crippen molar-refractivity contribution in [1.82, 2.24) is 0 Å². The maximum Gasteiger partial charge on any atom is 0.0502 e. The van der Waals surface area contributed by atoms with Crippen molar-refractivity contribution < 1.29 is 5.11 Å². The summed E-state index contributed by atoms with van der Waals surface area (Å²) < 4.78 is 0. The van der Waals surface area contributed by atoms with Crippen LogP contribution in [0.25, 0.3) is 0 Å². The zero-order valence-corrected chi connectivity index (χ0v) is 9.67. The fourth-order valence-electron chi connectivity index (χ4n) is 1.60. The van der Waals surface area contributed by atoms with Gasteiger partial charge in [0.15, 0.2) is 0 Å². The highest BCUT2D eigenvalue weighted by atomic mass is 35.5. The van der Waals surface area contributed by atoms with Crippen LogP contribution in [-0.2, 0) is 0 Å². The number of hydrogen-bond donors (Lipinski definition) is 1. The Bertz CT molecular complexity index is 307. The predicted octanol–water partition coefficient (Wildman–Crippen LogP) is 3.38. The molecule has 78 valence electrons. The van der Waals surface area contributed by atoms with E-state index in [-0.39, 0.29) is 12.5 Å². The van der Waals surface area contributed by atoms with Gasteiger partial charge in [0, 0.05) is 10.9 Å². The third-order valence-corrected chi connectivity index (χ3v) is 3.04. The highest BCUT2D eigenvalue weighted by Crippen LogP contribution is 2.26. The maximum atomic E-state index is 9.28. The molecule has 0 bridgehead atoms. The minimum atomic E-state index is 0.193. The van der Waals surface area contributed by atoms with E-state index in [0.29, 0.717) is 5.92 Å². The van der Waals surface area contributed by atoms with E-state index in [4.69, 9.17) is 11.6 Å². The third kappa shape index (κ3) is 2.49. The lowest BCUT2D eigenvalue weighted by Gasteiger charge is -2.19. The van der Waals surface area contributed by atoms with Crippen LogP contribution in [0.5, 0.6) is 0 Å². The summed E-state index contributed by atoms with van der Waals surface area (Å²) in [6.07, 6.45) is 0. The average molecular weight is 213 g/mol. The summed E-state index contributed by atoms with van der Waals surface area (Å²) in [5, 5.41) is 10.1. The molecule has 0 radical (unpaired) electrons. The van der Waals surface area contributed by atoms with Crippen molar-refractivity contribution in [2.75, 3.05) is 6.61 Å². The fraction of sp³-hybridized carbons (Fsp3) is 0.500. The van der Waals surface area contributed by atoms with Gasteiger partial charge in [0.1, 0.15) is 0 Å². The number of aliphatic hydroxyl groups is 1. The van der Waals surface area contributed by atoms with Gasteiger partial charge in [-0.2, -0.15) is 0 Å². The molecule has 14 heavy (non-hydrogen) atoms. The molecule has 1 aromatic carbocycles. The second-order valence-electron chi connectivity index (χ2n) is 4.04. The lowest BCUT2D eigenvalue weighted by Crippen LogP contribution is -2.11. The molecule has 0 spiro atoms. The second kappa shape index (κ2) is 4.81. The summed E-state index contributed by atoms with van der Waals surface area (Å²) in [6, 6.07) is 5.96. The predicted molar refractivity (Wildman–Crippen MR) is 60.9 cm³/mol. The van der Waals surface area contributed by atoms with E-state index in [9.17, 15) is 5.11 Å². The molecule has 1 N–H and O–H groups in total. The lowest BCUT2D eigenvalue weighted by atomic mass is 9.88. The number of benzene rings is 1. The van der Waals surface area contributed by atoms with Crippen LogP contribution >= 0.6 is 11.6 Å². The first kappa shape index (κ1) is 11.5. The SMILES string of the molecule is Cc1cc(C(CO)C(C)C)ccc1Cl. The van der Waals surface area contributed by atoms with Gasteiger partial charge in [-0.05, 0) is 30.0 Å². The summed E-state index contributed by atoms with van der Waals surface area (Å²) in [7, 11) is 0. The Kier molecular flexibility index (Phi) is 3.97. The van der Waals surface area contributed by atoms with E-state index < -0.39 is 0 Å². The average Bonchev–Trinajstić information content (AvgIpc) is 2.11. The summed E-state index contributed by atoms with van der Waals surface area (Å²) in [6.45, 7) is 6.41. The van der Waals surface area contributed by atoms with E-state index in [1.54, 1.807) is 0 Å². The molecule has 0 aliphatic heterocycles. The number of hydrogen-bond acceptors (Lipinski definition) is 1. The molecule has 0 saturated carbocycles. The minimum Gasteiger partial charge on any atom is -0.396 e. The summed E-state index contributed by atoms with van der Waals surface area (Å²) in [4.78, 5) is 0. The Labute approximate surface area is 90.7 Å². The first-order valence-electron chi connectivity index (χ1n) is 4.93. The molecular formula is C12H17ClO. The molecule has 1 atom stereocenters. The van der Waals surface area contributed by atoms with E-state index >= 15 is 0 Å². The van der Waals surface area contributed by atoms with E-state index in [2.05, 4.69) is 19.9 Å². The van der Waals surface area contributed by atoms with Crippen molar-refractivity contribution in [3.63, 3.8) is 0 Å². The van der Waals surface area contributed by atoms with E-state index in [1.807, 2.05) is 19.1 Å². The molecule has 0 fully saturated rings. The van der Waals surface area contributed by atoms with Gasteiger partial charge >= 0.3 is 0 Å². The molecule has 2 heteroatoms. The summed E-state index contributed by atoms with van der Waals surface area (Å²) in [5.74, 6) is 0.659. The van der Waals surface area contributed by atoms with Crippen molar-refractivity contribution in [2.45, 2.75) is 26.7 Å². The Morgan fingerprint density at radius 2 is 2.00 bits per heavy atom. The molecule has 1 nitrogen and oxygen atoms in total. The fourth-order valence-corrected chi connectivity index (χ4v) is 1.72. The molecule has 0 saturated heterocycles. The van der Waals surface area contributed by atoms with E-state index in [1.165, 1.54) is 5.56 Å². The molecule has 0 aromatic heterocycles. The van der Waals surface area contributed by atoms with Crippen LogP contribution in [0.2, 0.25) is 5.02 Å². The van der Waals surface area contributed by atoms with E-state index in [0.717, 1.165) is 10.6 Å². The van der Waals surface area contributed by atoms with Gasteiger partial charge in [-0.3, -0.25) is 0 Å². The maximum absolute atomic E-state index is 9.28. The van der Waals surface area contributed by atoms with Gasteiger partial charge in [-0.1, -0.05) is 37.6 Å². The number of halogens is 1. The minimum absolute atomic E-state index is 0.193. The first-order valence-corrected chi connectivity index (χ1v) is 5.31. The summed E-state index contributed by atoms with van der Waals surface area (Å²) >= 11 is 5.95. The van der Waals surface area contributed by atoms with Crippen LogP contribution in [0, 0.1) is 12.8 Å². The summed E-state index contributed by atoms with van der Waals surface area (Å²) in [5.41, 5.74) is 2.24. The normalized spacial score (nSPS) is 13.3. The topological polar surface area (TPSA) is 20.2 Å². The van der Waals surface area contributed by atoms with Gasteiger partial charge < -0.3 is 5.11 Å². The van der Waals surface area contributed by atoms with Crippen LogP contribution in [0.1, 0.15) is 30.9 Å². The lowest BCUT2D eigenvalue weighted by molar-refractivity contribution is 0.237. The highest BCUT2D eigenvalue weighted by molar-refractivity contribution is 6.31. The molecule has 1 unspecified atom stereocenters. The smallest absolute Gasteiger partial charge is 0.0502 e. The van der Waals surface area contributed by atoms with Crippen LogP contribution in [0.4, 0.5) is 0 Å². The molecule has 1 aromatic rings. The van der Waals surface area contributed by atoms with Crippen LogP contribution in [0.15, 0.2) is 18.2 Å². The van der Waals surface area contributed by atoms with Crippen molar-refractivity contribution in [3.05, 3.63) is 34.3 Å². The molecule has 0 amide bonds. The Morgan fingerprint density at radius 1 is 1.36 bits per heavy atom. The van der Waals surface area contributed by atoms with Crippen LogP contribution in [0.3, 0.4) is 0 Å². The van der Waals surface area contributed by atoms with Crippen LogP contribution in [-0.4, -0.2) is 11.7 Å². The Balaban J connectivity index is 3.00. The Morgan fingerprint density at radius 3 is 2.43 bits per heavy atom. The number of rotatable bonds is 3. The quantitative estimate of drug-likeness (QED) is 0.815. The number of aryl methyl sites for hydroxylation is 1. The van der Waals surface area contributed by atoms with Crippen molar-refractivity contribution in [2.24, 2.45) is 5.92 Å². The van der Waals surface area contributed by atoms with Crippen molar-refractivity contribution in [1.29, 1.82) is 0 Å². The Hall–Kier alpha value is -0.530. The zero-order chi connectivity index (χ0) is 10.7. The second-order valence-corrected chi connectivity index (χ2v) is 4.45. The van der Waals surface area contributed by atoms with Gasteiger partial charge in [-0.25, -0.2) is 0 Å². The van der Waals surface area contributed by atoms with Gasteiger partial charge in [0.2, 0.25) is 0 Å². The molecule has 0 aliphatic rings. The monoisotopic (exact) mass is 212 g/mol. The largest absolute Gasteiger partial charge is 0.396 e. The van der Waals surface area contributed by atoms with Gasteiger partial charge in [-0.15, -0.1) is 0 Å². The van der Waals surface area contributed by atoms with Gasteiger partial charge in [0.05, 0.1) is 6.61 Å². The molecule has 0 aliphatic carbocycles. The molecule has 1 rings (SSSR count). The van der Waals surface area contributed by atoms with Crippen molar-refractivity contribution in [3.8, 4) is 0 Å². The highest BCUT2D eigenvalue weighted by Gasteiger charge is 2.14. The third-order valence-electron chi connectivity index (χ3n) is 2.61. The zero-order valence-electron chi connectivity index (χ0n) is 8.92. The number of aliphatic hydroxyl groups excluding tert-OH is 1. The van der Waals surface area contributed by atoms with Crippen molar-refractivity contribution >= 4 is 11.6 Å².